The topological polar surface area (TPSA) is 59.4 Å². The average molecular weight is 378 g/mol. The van der Waals surface area contributed by atoms with Gasteiger partial charge in [0.1, 0.15) is 6.33 Å². The largest absolute Gasteiger partial charge is 0.379 e. The van der Waals surface area contributed by atoms with Crippen molar-refractivity contribution in [3.63, 3.8) is 0 Å². The molecule has 0 aliphatic carbocycles. The first-order valence-electron chi connectivity index (χ1n) is 9.68. The molecule has 2 aromatic carbocycles. The van der Waals surface area contributed by atoms with Crippen LogP contribution >= 0.6 is 0 Å². The van der Waals surface area contributed by atoms with Crippen LogP contribution in [0.2, 0.25) is 0 Å². The molecule has 146 valence electrons. The summed E-state index contributed by atoms with van der Waals surface area (Å²) >= 11 is 0. The van der Waals surface area contributed by atoms with Crippen LogP contribution in [-0.4, -0.2) is 58.7 Å². The second-order valence-corrected chi connectivity index (χ2v) is 7.74. The number of aromatic nitrogens is 2. The van der Waals surface area contributed by atoms with E-state index in [-0.39, 0.29) is 11.4 Å². The lowest BCUT2D eigenvalue weighted by atomic mass is 10.0. The minimum absolute atomic E-state index is 0.0524. The minimum atomic E-state index is -0.102. The molecule has 1 saturated heterocycles. The van der Waals surface area contributed by atoms with Crippen LogP contribution < -0.4 is 5.32 Å². The fourth-order valence-electron chi connectivity index (χ4n) is 3.62. The SMILES string of the molecule is CC(C)(CNC(=O)c1ccc(-n2cnc3ccccc32)cc1)N1CCOCC1. The van der Waals surface area contributed by atoms with Crippen molar-refractivity contribution in [3.8, 4) is 5.69 Å². The molecule has 1 aliphatic rings. The van der Waals surface area contributed by atoms with Crippen LogP contribution in [0, 0.1) is 0 Å². The van der Waals surface area contributed by atoms with E-state index < -0.39 is 0 Å². The Morgan fingerprint density at radius 1 is 1.11 bits per heavy atom. The van der Waals surface area contributed by atoms with E-state index in [1.165, 1.54) is 0 Å². The zero-order valence-electron chi connectivity index (χ0n) is 16.4. The van der Waals surface area contributed by atoms with Gasteiger partial charge in [-0.1, -0.05) is 12.1 Å². The number of rotatable bonds is 5. The maximum atomic E-state index is 12.6. The molecule has 6 heteroatoms. The lowest BCUT2D eigenvalue weighted by Gasteiger charge is -2.40. The number of para-hydroxylation sites is 2. The molecule has 1 amide bonds. The van der Waals surface area contributed by atoms with E-state index in [0.29, 0.717) is 12.1 Å². The third-order valence-corrected chi connectivity index (χ3v) is 5.41. The molecular weight excluding hydrogens is 352 g/mol. The molecule has 1 N–H and O–H groups in total. The predicted octanol–water partition coefficient (Wildman–Crippen LogP) is 2.87. The summed E-state index contributed by atoms with van der Waals surface area (Å²) < 4.78 is 7.45. The van der Waals surface area contributed by atoms with Crippen LogP contribution in [0.5, 0.6) is 0 Å². The van der Waals surface area contributed by atoms with Gasteiger partial charge in [0.05, 0.1) is 24.2 Å². The molecule has 1 fully saturated rings. The van der Waals surface area contributed by atoms with E-state index in [2.05, 4.69) is 29.0 Å². The number of carbonyl (C=O) groups excluding carboxylic acids is 1. The summed E-state index contributed by atoms with van der Waals surface area (Å²) in [6.07, 6.45) is 1.81. The molecule has 3 aromatic rings. The fraction of sp³-hybridized carbons (Fsp3) is 0.364. The van der Waals surface area contributed by atoms with E-state index >= 15 is 0 Å². The van der Waals surface area contributed by atoms with Crippen LogP contribution in [0.25, 0.3) is 16.7 Å². The number of ether oxygens (including phenoxy) is 1. The van der Waals surface area contributed by atoms with Crippen molar-refractivity contribution in [1.82, 2.24) is 19.8 Å². The lowest BCUT2D eigenvalue weighted by molar-refractivity contribution is -0.00923. The van der Waals surface area contributed by atoms with Gasteiger partial charge < -0.3 is 10.1 Å². The quantitative estimate of drug-likeness (QED) is 0.742. The molecule has 0 saturated carbocycles. The Hall–Kier alpha value is -2.70. The van der Waals surface area contributed by atoms with Gasteiger partial charge in [0, 0.05) is 36.4 Å². The second-order valence-electron chi connectivity index (χ2n) is 7.74. The van der Waals surface area contributed by atoms with Gasteiger partial charge in [0.25, 0.3) is 5.91 Å². The molecule has 0 bridgehead atoms. The van der Waals surface area contributed by atoms with Gasteiger partial charge in [-0.25, -0.2) is 4.98 Å². The Morgan fingerprint density at radius 2 is 1.82 bits per heavy atom. The Kier molecular flexibility index (Phi) is 5.15. The van der Waals surface area contributed by atoms with Crippen LogP contribution in [0.3, 0.4) is 0 Å². The average Bonchev–Trinajstić information content (AvgIpc) is 3.17. The Morgan fingerprint density at radius 3 is 2.57 bits per heavy atom. The van der Waals surface area contributed by atoms with E-state index in [1.807, 2.05) is 59.4 Å². The first kappa shape index (κ1) is 18.7. The van der Waals surface area contributed by atoms with Crippen LogP contribution in [0.1, 0.15) is 24.2 Å². The van der Waals surface area contributed by atoms with E-state index in [4.69, 9.17) is 4.74 Å². The highest BCUT2D eigenvalue weighted by Gasteiger charge is 2.28. The second kappa shape index (κ2) is 7.73. The van der Waals surface area contributed by atoms with Gasteiger partial charge in [-0.05, 0) is 50.2 Å². The lowest BCUT2D eigenvalue weighted by Crippen LogP contribution is -2.55. The third kappa shape index (κ3) is 3.79. The summed E-state index contributed by atoms with van der Waals surface area (Å²) in [5.74, 6) is -0.0524. The van der Waals surface area contributed by atoms with Gasteiger partial charge in [-0.15, -0.1) is 0 Å². The van der Waals surface area contributed by atoms with Crippen molar-refractivity contribution in [2.45, 2.75) is 19.4 Å². The number of hydrogen-bond acceptors (Lipinski definition) is 4. The van der Waals surface area contributed by atoms with Gasteiger partial charge in [-0.3, -0.25) is 14.3 Å². The van der Waals surface area contributed by atoms with E-state index in [1.54, 1.807) is 0 Å². The van der Waals surface area contributed by atoms with Crippen LogP contribution in [-0.2, 0) is 4.74 Å². The summed E-state index contributed by atoms with van der Waals surface area (Å²) in [4.78, 5) is 19.4. The van der Waals surface area contributed by atoms with Crippen LogP contribution in [0.15, 0.2) is 54.9 Å². The minimum Gasteiger partial charge on any atom is -0.379 e. The number of benzene rings is 2. The monoisotopic (exact) mass is 378 g/mol. The number of nitrogens with one attached hydrogen (secondary N) is 1. The summed E-state index contributed by atoms with van der Waals surface area (Å²) in [5, 5.41) is 3.08. The van der Waals surface area contributed by atoms with Crippen molar-refractivity contribution in [2.75, 3.05) is 32.8 Å². The number of amides is 1. The van der Waals surface area contributed by atoms with Crippen molar-refractivity contribution >= 4 is 16.9 Å². The Balaban J connectivity index is 1.43. The van der Waals surface area contributed by atoms with E-state index in [0.717, 1.165) is 43.0 Å². The third-order valence-electron chi connectivity index (χ3n) is 5.41. The van der Waals surface area contributed by atoms with Crippen LogP contribution in [0.4, 0.5) is 0 Å². The highest BCUT2D eigenvalue weighted by atomic mass is 16.5. The van der Waals surface area contributed by atoms with E-state index in [9.17, 15) is 4.79 Å². The van der Waals surface area contributed by atoms with Gasteiger partial charge in [-0.2, -0.15) is 0 Å². The molecule has 0 unspecified atom stereocenters. The molecule has 0 radical (unpaired) electrons. The maximum Gasteiger partial charge on any atom is 0.251 e. The first-order chi connectivity index (χ1) is 13.5. The molecular formula is C22H26N4O2. The first-order valence-corrected chi connectivity index (χ1v) is 9.68. The number of morpholine rings is 1. The molecule has 28 heavy (non-hydrogen) atoms. The molecule has 1 aliphatic heterocycles. The standard InChI is InChI=1S/C22H26N4O2/c1-22(2,25-11-13-28-14-12-25)15-23-21(27)17-7-9-18(10-8-17)26-16-24-19-5-3-4-6-20(19)26/h3-10,16H,11-15H2,1-2H3,(H,23,27). The van der Waals surface area contributed by atoms with Crippen molar-refractivity contribution < 1.29 is 9.53 Å². The molecule has 6 nitrogen and oxygen atoms in total. The van der Waals surface area contributed by atoms with Gasteiger partial charge in [0.15, 0.2) is 0 Å². The summed E-state index contributed by atoms with van der Waals surface area (Å²) in [7, 11) is 0. The zero-order chi connectivity index (χ0) is 19.6. The zero-order valence-corrected chi connectivity index (χ0v) is 16.4. The molecule has 2 heterocycles. The number of carbonyl (C=O) groups is 1. The summed E-state index contributed by atoms with van der Waals surface area (Å²) in [6, 6.07) is 15.6. The fourth-order valence-corrected chi connectivity index (χ4v) is 3.62. The van der Waals surface area contributed by atoms with Gasteiger partial charge >= 0.3 is 0 Å². The molecule has 0 spiro atoms. The van der Waals surface area contributed by atoms with Crippen molar-refractivity contribution in [2.24, 2.45) is 0 Å². The summed E-state index contributed by atoms with van der Waals surface area (Å²) in [6.45, 7) is 8.22. The normalized spacial score (nSPS) is 15.6. The van der Waals surface area contributed by atoms with Crippen molar-refractivity contribution in [1.29, 1.82) is 0 Å². The Bertz CT molecular complexity index is 956. The number of nitrogens with zero attached hydrogens (tertiary/aromatic N) is 3. The Labute approximate surface area is 165 Å². The maximum absolute atomic E-state index is 12.6. The van der Waals surface area contributed by atoms with Gasteiger partial charge in [0.2, 0.25) is 0 Å². The molecule has 4 rings (SSSR count). The predicted molar refractivity (Wildman–Crippen MR) is 110 cm³/mol. The number of fused-ring (bicyclic) bond motifs is 1. The van der Waals surface area contributed by atoms with Crippen molar-refractivity contribution in [3.05, 3.63) is 60.4 Å². The number of imidazole rings is 1. The highest BCUT2D eigenvalue weighted by molar-refractivity contribution is 5.94. The highest BCUT2D eigenvalue weighted by Crippen LogP contribution is 2.19. The molecule has 0 atom stereocenters. The number of hydrogen-bond donors (Lipinski definition) is 1. The molecule has 1 aromatic heterocycles. The summed E-state index contributed by atoms with van der Waals surface area (Å²) in [5.41, 5.74) is 3.54. The smallest absolute Gasteiger partial charge is 0.251 e.